The van der Waals surface area contributed by atoms with Crippen LogP contribution in [0.3, 0.4) is 0 Å². The molecule has 1 N–H and O–H groups in total. The fraction of sp³-hybridized carbons (Fsp3) is 0.812. The van der Waals surface area contributed by atoms with Crippen LogP contribution in [0.1, 0.15) is 126 Å². The number of nitrogens with one attached hydrogen (secondary N) is 1. The van der Waals surface area contributed by atoms with Gasteiger partial charge >= 0.3 is 0 Å². The maximum absolute atomic E-state index is 5.84. The molecular weight excluding hydrogens is 430 g/mol. The molecule has 0 saturated heterocycles. The van der Waals surface area contributed by atoms with Crippen molar-refractivity contribution in [1.29, 1.82) is 0 Å². The van der Waals surface area contributed by atoms with Gasteiger partial charge in [-0.25, -0.2) is 0 Å². The van der Waals surface area contributed by atoms with Crippen LogP contribution in [0, 0.1) is 5.92 Å². The van der Waals surface area contributed by atoms with Crippen LogP contribution in [-0.4, -0.2) is 36.5 Å². The smallest absolute Gasteiger partial charge is 0.0598 e. The van der Waals surface area contributed by atoms with Crippen molar-refractivity contribution >= 4 is 0 Å². The maximum Gasteiger partial charge on any atom is 0.0598 e. The molecule has 35 heavy (non-hydrogen) atoms. The molecule has 0 aliphatic heterocycles. The van der Waals surface area contributed by atoms with Crippen LogP contribution in [0.15, 0.2) is 34.9 Å². The van der Waals surface area contributed by atoms with Crippen LogP contribution in [0.2, 0.25) is 0 Å². The van der Waals surface area contributed by atoms with Gasteiger partial charge in [-0.3, -0.25) is 0 Å². The number of hydrogen-bond acceptors (Lipinski definition) is 3. The molecule has 2 aliphatic carbocycles. The number of ether oxygens (including phenoxy) is 2. The van der Waals surface area contributed by atoms with Crippen LogP contribution in [0.25, 0.3) is 0 Å². The Morgan fingerprint density at radius 1 is 0.743 bits per heavy atom. The largest absolute Gasteiger partial charge is 0.376 e. The lowest BCUT2D eigenvalue weighted by Crippen LogP contribution is -2.37. The van der Waals surface area contributed by atoms with Crippen LogP contribution in [0.4, 0.5) is 0 Å². The molecule has 0 aromatic heterocycles. The van der Waals surface area contributed by atoms with E-state index in [9.17, 15) is 0 Å². The highest BCUT2D eigenvalue weighted by Crippen LogP contribution is 2.31. The summed E-state index contributed by atoms with van der Waals surface area (Å²) in [5, 5.41) is 3.96. The van der Waals surface area contributed by atoms with E-state index in [1.807, 2.05) is 0 Å². The van der Waals surface area contributed by atoms with Gasteiger partial charge in [0.15, 0.2) is 0 Å². The van der Waals surface area contributed by atoms with Crippen molar-refractivity contribution < 1.29 is 9.47 Å². The van der Waals surface area contributed by atoms with Crippen molar-refractivity contribution in [3.63, 3.8) is 0 Å². The second-order valence-electron chi connectivity index (χ2n) is 13.0. The first kappa shape index (κ1) is 30.3. The van der Waals surface area contributed by atoms with E-state index in [1.54, 1.807) is 5.57 Å². The highest BCUT2D eigenvalue weighted by atomic mass is 16.5. The van der Waals surface area contributed by atoms with E-state index in [4.69, 9.17) is 9.47 Å². The van der Waals surface area contributed by atoms with E-state index in [0.29, 0.717) is 12.1 Å². The lowest BCUT2D eigenvalue weighted by atomic mass is 9.99. The van der Waals surface area contributed by atoms with Gasteiger partial charge in [0.2, 0.25) is 0 Å². The van der Waals surface area contributed by atoms with Crippen LogP contribution >= 0.6 is 0 Å². The summed E-state index contributed by atoms with van der Waals surface area (Å²) in [5.74, 6) is 0.745. The second-order valence-corrected chi connectivity index (χ2v) is 13.0. The molecule has 0 amide bonds. The zero-order valence-electron chi connectivity index (χ0n) is 24.5. The van der Waals surface area contributed by atoms with Crippen molar-refractivity contribution in [2.75, 3.05) is 13.2 Å². The molecule has 3 unspecified atom stereocenters. The molecule has 3 atom stereocenters. The van der Waals surface area contributed by atoms with Gasteiger partial charge in [0.25, 0.3) is 0 Å². The third-order valence-electron chi connectivity index (χ3n) is 7.15. The van der Waals surface area contributed by atoms with E-state index >= 15 is 0 Å². The first-order valence-corrected chi connectivity index (χ1v) is 14.5. The average Bonchev–Trinajstić information content (AvgIpc) is 3.26. The number of allylic oxidation sites excluding steroid dienone is 3. The maximum atomic E-state index is 5.84. The van der Waals surface area contributed by atoms with Gasteiger partial charge in [-0.05, 0) is 99.8 Å². The predicted molar refractivity (Wildman–Crippen MR) is 152 cm³/mol. The molecule has 0 radical (unpaired) electrons. The highest BCUT2D eigenvalue weighted by molar-refractivity contribution is 5.38. The summed E-state index contributed by atoms with van der Waals surface area (Å²) in [6.45, 7) is 19.2. The Morgan fingerprint density at radius 2 is 1.31 bits per heavy atom. The first-order valence-electron chi connectivity index (χ1n) is 14.5. The van der Waals surface area contributed by atoms with Crippen molar-refractivity contribution in [2.45, 2.75) is 149 Å². The summed E-state index contributed by atoms with van der Waals surface area (Å²) in [7, 11) is 0. The fourth-order valence-corrected chi connectivity index (χ4v) is 5.18. The van der Waals surface area contributed by atoms with Gasteiger partial charge in [-0.1, -0.05) is 67.1 Å². The molecular formula is C32H57NO2. The van der Waals surface area contributed by atoms with Crippen LogP contribution < -0.4 is 5.32 Å². The molecule has 0 aromatic carbocycles. The summed E-state index contributed by atoms with van der Waals surface area (Å²) in [5.41, 5.74) is 4.54. The Labute approximate surface area is 218 Å². The summed E-state index contributed by atoms with van der Waals surface area (Å²) < 4.78 is 11.7. The van der Waals surface area contributed by atoms with Crippen molar-refractivity contribution in [3.05, 3.63) is 34.9 Å². The summed E-state index contributed by atoms with van der Waals surface area (Å²) in [6, 6.07) is 0.951. The number of hydrogen-bond donors (Lipinski definition) is 1. The van der Waals surface area contributed by atoms with E-state index in [1.165, 1.54) is 81.8 Å². The third kappa shape index (κ3) is 13.3. The Hall–Kier alpha value is -0.900. The molecule has 3 heteroatoms. The zero-order chi connectivity index (χ0) is 25.9. The SMILES string of the molecule is CC1=CC(CCCCCCOC(C)(C)C)=CC1NC1CC(CCCCCCOC(C)(C)C)C=C1C. The molecule has 0 saturated carbocycles. The number of unbranched alkanes of at least 4 members (excludes halogenated alkanes) is 6. The minimum absolute atomic E-state index is 0.00142. The quantitative estimate of drug-likeness (QED) is 0.174. The molecule has 0 spiro atoms. The normalized spacial score (nSPS) is 23.0. The second kappa shape index (κ2) is 14.7. The Bertz CT molecular complexity index is 704. The van der Waals surface area contributed by atoms with Gasteiger partial charge in [-0.15, -0.1) is 0 Å². The van der Waals surface area contributed by atoms with Gasteiger partial charge in [-0.2, -0.15) is 0 Å². The fourth-order valence-electron chi connectivity index (χ4n) is 5.18. The van der Waals surface area contributed by atoms with E-state index < -0.39 is 0 Å². The topological polar surface area (TPSA) is 30.5 Å². The molecule has 0 bridgehead atoms. The van der Waals surface area contributed by atoms with Gasteiger partial charge in [0.05, 0.1) is 11.2 Å². The lowest BCUT2D eigenvalue weighted by Gasteiger charge is -2.21. The molecule has 0 aromatic rings. The van der Waals surface area contributed by atoms with Crippen molar-refractivity contribution in [1.82, 2.24) is 5.32 Å². The van der Waals surface area contributed by atoms with Gasteiger partial charge < -0.3 is 14.8 Å². The number of rotatable bonds is 16. The Kier molecular flexibility index (Phi) is 12.8. The minimum atomic E-state index is -0.00650. The highest BCUT2D eigenvalue weighted by Gasteiger charge is 2.27. The Morgan fingerprint density at radius 3 is 1.91 bits per heavy atom. The molecule has 202 valence electrons. The predicted octanol–water partition coefficient (Wildman–Crippen LogP) is 8.70. The summed E-state index contributed by atoms with van der Waals surface area (Å²) >= 11 is 0. The zero-order valence-corrected chi connectivity index (χ0v) is 24.5. The molecule has 0 fully saturated rings. The summed E-state index contributed by atoms with van der Waals surface area (Å²) in [6.07, 6.45) is 21.4. The molecule has 3 nitrogen and oxygen atoms in total. The van der Waals surface area contributed by atoms with Gasteiger partial charge in [0.1, 0.15) is 0 Å². The third-order valence-corrected chi connectivity index (χ3v) is 7.15. The summed E-state index contributed by atoms with van der Waals surface area (Å²) in [4.78, 5) is 0. The van der Waals surface area contributed by atoms with Crippen LogP contribution in [0.5, 0.6) is 0 Å². The molecule has 0 heterocycles. The Balaban J connectivity index is 1.59. The lowest BCUT2D eigenvalue weighted by molar-refractivity contribution is -0.00511. The first-order chi connectivity index (χ1) is 16.4. The average molecular weight is 488 g/mol. The van der Waals surface area contributed by atoms with E-state index in [0.717, 1.165) is 19.1 Å². The van der Waals surface area contributed by atoms with E-state index in [-0.39, 0.29) is 11.2 Å². The van der Waals surface area contributed by atoms with Crippen molar-refractivity contribution in [2.24, 2.45) is 5.92 Å². The van der Waals surface area contributed by atoms with Crippen molar-refractivity contribution in [3.8, 4) is 0 Å². The molecule has 2 aliphatic rings. The monoisotopic (exact) mass is 487 g/mol. The minimum Gasteiger partial charge on any atom is -0.376 e. The van der Waals surface area contributed by atoms with E-state index in [2.05, 4.69) is 78.9 Å². The molecule has 2 rings (SSSR count). The standard InChI is InChI=1S/C32H57NO2/c1-25-21-27(17-13-9-11-15-19-34-31(3,4)5)23-29(25)33-30-24-28(22-26(30)2)18-14-10-12-16-20-35-32(6,7)8/h21-23,28-30,33H,9-20,24H2,1-8H3. The van der Waals surface area contributed by atoms with Gasteiger partial charge in [0, 0.05) is 25.3 Å². The van der Waals surface area contributed by atoms with Crippen LogP contribution in [-0.2, 0) is 9.47 Å².